The molecule has 1 saturated heterocycles. The zero-order valence-corrected chi connectivity index (χ0v) is 13.6. The molecule has 0 bridgehead atoms. The van der Waals surface area contributed by atoms with Crippen molar-refractivity contribution in [3.8, 4) is 11.9 Å². The van der Waals surface area contributed by atoms with E-state index in [1.165, 1.54) is 0 Å². The fraction of sp³-hybridized carbons (Fsp3) is 0.688. The summed E-state index contributed by atoms with van der Waals surface area (Å²) >= 11 is 0. The SMILES string of the molecule is COC(C)(C)CCOc1c(N)cc(C#N)n1C[C@@H]1CCCO1. The molecule has 0 unspecified atom stereocenters. The lowest BCUT2D eigenvalue weighted by Gasteiger charge is -2.23. The van der Waals surface area contributed by atoms with E-state index in [2.05, 4.69) is 6.07 Å². The number of methoxy groups -OCH3 is 1. The third-order valence-corrected chi connectivity index (χ3v) is 4.10. The first-order valence-electron chi connectivity index (χ1n) is 7.65. The maximum Gasteiger partial charge on any atom is 0.218 e. The Morgan fingerprint density at radius 1 is 1.55 bits per heavy atom. The van der Waals surface area contributed by atoms with Gasteiger partial charge in [0, 0.05) is 26.2 Å². The van der Waals surface area contributed by atoms with Crippen LogP contribution in [0.1, 0.15) is 38.8 Å². The standard InChI is InChI=1S/C16H25N3O3/c1-16(2,20-3)6-8-22-15-14(18)9-12(10-17)19(15)11-13-5-4-7-21-13/h9,13H,4-8,11,18H2,1-3H3/t13-/m0/s1. The zero-order valence-electron chi connectivity index (χ0n) is 13.6. The number of hydrogen-bond donors (Lipinski definition) is 1. The zero-order chi connectivity index (χ0) is 16.2. The quantitative estimate of drug-likeness (QED) is 0.836. The van der Waals surface area contributed by atoms with Crippen LogP contribution in [-0.4, -0.2) is 36.6 Å². The van der Waals surface area contributed by atoms with Gasteiger partial charge in [0.1, 0.15) is 11.8 Å². The normalized spacial score (nSPS) is 18.4. The summed E-state index contributed by atoms with van der Waals surface area (Å²) in [4.78, 5) is 0. The van der Waals surface area contributed by atoms with Gasteiger partial charge < -0.3 is 19.9 Å². The average molecular weight is 307 g/mol. The third-order valence-electron chi connectivity index (χ3n) is 4.10. The highest BCUT2D eigenvalue weighted by Gasteiger charge is 2.23. The van der Waals surface area contributed by atoms with Crippen LogP contribution in [0.5, 0.6) is 5.88 Å². The summed E-state index contributed by atoms with van der Waals surface area (Å²) in [6.45, 7) is 5.87. The molecule has 22 heavy (non-hydrogen) atoms. The Morgan fingerprint density at radius 3 is 2.91 bits per heavy atom. The third kappa shape index (κ3) is 3.93. The van der Waals surface area contributed by atoms with Crippen LogP contribution in [0.2, 0.25) is 0 Å². The van der Waals surface area contributed by atoms with Gasteiger partial charge in [-0.2, -0.15) is 5.26 Å². The molecule has 2 rings (SSSR count). The van der Waals surface area contributed by atoms with E-state index >= 15 is 0 Å². The minimum Gasteiger partial charge on any atom is -0.477 e. The van der Waals surface area contributed by atoms with E-state index in [0.717, 1.165) is 25.9 Å². The second kappa shape index (κ2) is 7.03. The number of nitrogen functional groups attached to an aromatic ring is 1. The van der Waals surface area contributed by atoms with Gasteiger partial charge in [-0.15, -0.1) is 0 Å². The lowest BCUT2D eigenvalue weighted by atomic mass is 10.1. The van der Waals surface area contributed by atoms with Crippen LogP contribution < -0.4 is 10.5 Å². The molecule has 0 radical (unpaired) electrons. The van der Waals surface area contributed by atoms with Crippen LogP contribution in [-0.2, 0) is 16.0 Å². The molecule has 2 heterocycles. The molecular weight excluding hydrogens is 282 g/mol. The number of nitrogens with zero attached hydrogens (tertiary/aromatic N) is 2. The summed E-state index contributed by atoms with van der Waals surface area (Å²) in [7, 11) is 1.68. The summed E-state index contributed by atoms with van der Waals surface area (Å²) in [5.74, 6) is 0.555. The van der Waals surface area contributed by atoms with Crippen molar-refractivity contribution in [1.29, 1.82) is 5.26 Å². The highest BCUT2D eigenvalue weighted by atomic mass is 16.5. The number of anilines is 1. The molecule has 1 aliphatic heterocycles. The van der Waals surface area contributed by atoms with E-state index in [4.69, 9.17) is 19.9 Å². The highest BCUT2D eigenvalue weighted by Crippen LogP contribution is 2.29. The van der Waals surface area contributed by atoms with Crippen LogP contribution in [0.3, 0.4) is 0 Å². The number of aromatic nitrogens is 1. The van der Waals surface area contributed by atoms with Crippen LogP contribution in [0.25, 0.3) is 0 Å². The molecule has 6 heteroatoms. The lowest BCUT2D eigenvalue weighted by molar-refractivity contribution is 0.00453. The lowest BCUT2D eigenvalue weighted by Crippen LogP contribution is -2.26. The summed E-state index contributed by atoms with van der Waals surface area (Å²) < 4.78 is 18.7. The Bertz CT molecular complexity index is 540. The van der Waals surface area contributed by atoms with Crippen LogP contribution >= 0.6 is 0 Å². The van der Waals surface area contributed by atoms with Gasteiger partial charge in [0.15, 0.2) is 0 Å². The minimum atomic E-state index is -0.251. The molecular formula is C16H25N3O3. The number of hydrogen-bond acceptors (Lipinski definition) is 5. The fourth-order valence-corrected chi connectivity index (χ4v) is 2.47. The van der Waals surface area contributed by atoms with Crippen molar-refractivity contribution in [3.63, 3.8) is 0 Å². The van der Waals surface area contributed by atoms with Gasteiger partial charge in [0.25, 0.3) is 0 Å². The predicted molar refractivity (Wildman–Crippen MR) is 83.7 cm³/mol. The largest absolute Gasteiger partial charge is 0.477 e. The molecule has 1 fully saturated rings. The van der Waals surface area contributed by atoms with Gasteiger partial charge in [-0.05, 0) is 26.7 Å². The van der Waals surface area contributed by atoms with Gasteiger partial charge in [-0.25, -0.2) is 0 Å². The van der Waals surface area contributed by atoms with Crippen LogP contribution in [0.4, 0.5) is 5.69 Å². The Morgan fingerprint density at radius 2 is 2.32 bits per heavy atom. The van der Waals surface area contributed by atoms with E-state index in [1.54, 1.807) is 13.2 Å². The van der Waals surface area contributed by atoms with Gasteiger partial charge in [-0.3, -0.25) is 4.57 Å². The summed E-state index contributed by atoms with van der Waals surface area (Å²) in [6.07, 6.45) is 2.91. The molecule has 122 valence electrons. The molecule has 1 aromatic rings. The van der Waals surface area contributed by atoms with Gasteiger partial charge >= 0.3 is 0 Å². The molecule has 0 saturated carbocycles. The Balaban J connectivity index is 2.08. The second-order valence-corrected chi connectivity index (χ2v) is 6.21. The highest BCUT2D eigenvalue weighted by molar-refractivity contribution is 5.55. The first-order valence-corrected chi connectivity index (χ1v) is 7.65. The molecule has 0 amide bonds. The summed E-state index contributed by atoms with van der Waals surface area (Å²) in [5, 5.41) is 9.28. The second-order valence-electron chi connectivity index (χ2n) is 6.21. The average Bonchev–Trinajstić information content (AvgIpc) is 3.09. The van der Waals surface area contributed by atoms with Crippen molar-refractivity contribution in [2.24, 2.45) is 0 Å². The van der Waals surface area contributed by atoms with Crippen LogP contribution in [0.15, 0.2) is 6.07 Å². The first kappa shape index (κ1) is 16.7. The van der Waals surface area contributed by atoms with E-state index in [1.807, 2.05) is 18.4 Å². The molecule has 6 nitrogen and oxygen atoms in total. The fourth-order valence-electron chi connectivity index (χ4n) is 2.47. The molecule has 1 aromatic heterocycles. The van der Waals surface area contributed by atoms with Gasteiger partial charge in [0.05, 0.1) is 30.5 Å². The Kier molecular flexibility index (Phi) is 5.33. The topological polar surface area (TPSA) is 82.4 Å². The molecule has 1 aliphatic rings. The molecule has 0 aliphatic carbocycles. The number of nitrogens with two attached hydrogens (primary N) is 1. The smallest absolute Gasteiger partial charge is 0.218 e. The summed E-state index contributed by atoms with van der Waals surface area (Å²) in [5.41, 5.74) is 6.75. The number of ether oxygens (including phenoxy) is 3. The first-order chi connectivity index (χ1) is 10.5. The van der Waals surface area contributed by atoms with Crippen molar-refractivity contribution < 1.29 is 14.2 Å². The van der Waals surface area contributed by atoms with Crippen molar-refractivity contribution >= 4 is 5.69 Å². The van der Waals surface area contributed by atoms with Gasteiger partial charge in [0.2, 0.25) is 5.88 Å². The van der Waals surface area contributed by atoms with E-state index < -0.39 is 0 Å². The predicted octanol–water partition coefficient (Wildman–Crippen LogP) is 2.31. The van der Waals surface area contributed by atoms with E-state index in [-0.39, 0.29) is 11.7 Å². The van der Waals surface area contributed by atoms with Crippen molar-refractivity contribution in [1.82, 2.24) is 4.57 Å². The van der Waals surface area contributed by atoms with E-state index in [9.17, 15) is 5.26 Å². The molecule has 1 atom stereocenters. The molecule has 0 aromatic carbocycles. The Labute approximate surface area is 131 Å². The Hall–Kier alpha value is -1.71. The van der Waals surface area contributed by atoms with Crippen molar-refractivity contribution in [3.05, 3.63) is 11.8 Å². The maximum absolute atomic E-state index is 9.28. The number of rotatable bonds is 7. The minimum absolute atomic E-state index is 0.122. The van der Waals surface area contributed by atoms with Crippen LogP contribution in [0, 0.1) is 11.3 Å². The number of nitriles is 1. The monoisotopic (exact) mass is 307 g/mol. The maximum atomic E-state index is 9.28. The van der Waals surface area contributed by atoms with E-state index in [0.29, 0.717) is 30.4 Å². The molecule has 0 spiro atoms. The summed E-state index contributed by atoms with van der Waals surface area (Å²) in [6, 6.07) is 3.83. The van der Waals surface area contributed by atoms with Crippen molar-refractivity contribution in [2.45, 2.75) is 51.4 Å². The van der Waals surface area contributed by atoms with Gasteiger partial charge in [-0.1, -0.05) is 0 Å². The van der Waals surface area contributed by atoms with Crippen molar-refractivity contribution in [2.75, 3.05) is 26.1 Å². The molecule has 2 N–H and O–H groups in total.